The number of methoxy groups -OCH3 is 1. The highest BCUT2D eigenvalue weighted by Gasteiger charge is 2.23. The van der Waals surface area contributed by atoms with Crippen molar-refractivity contribution in [2.45, 2.75) is 26.8 Å². The molecule has 0 saturated heterocycles. The van der Waals surface area contributed by atoms with Crippen molar-refractivity contribution in [1.29, 1.82) is 0 Å². The van der Waals surface area contributed by atoms with Crippen LogP contribution in [0.3, 0.4) is 0 Å². The van der Waals surface area contributed by atoms with Gasteiger partial charge in [-0.2, -0.15) is 5.10 Å². The number of hydrogen-bond acceptors (Lipinski definition) is 4. The van der Waals surface area contributed by atoms with E-state index in [4.69, 9.17) is 9.15 Å². The number of hydrogen-bond donors (Lipinski definition) is 1. The first kappa shape index (κ1) is 17.2. The molecule has 3 rings (SSSR count). The fourth-order valence-corrected chi connectivity index (χ4v) is 3.05. The van der Waals surface area contributed by atoms with Crippen molar-refractivity contribution in [3.05, 3.63) is 52.5 Å². The molecule has 0 unspecified atom stereocenters. The minimum atomic E-state index is -0.305. The molecule has 2 aromatic heterocycles. The van der Waals surface area contributed by atoms with Gasteiger partial charge in [-0.05, 0) is 38.0 Å². The summed E-state index contributed by atoms with van der Waals surface area (Å²) < 4.78 is 12.9. The Bertz CT molecular complexity index is 924. The number of ether oxygens (including phenoxy) is 1. The Kier molecular flexibility index (Phi) is 4.63. The van der Waals surface area contributed by atoms with Crippen LogP contribution in [0.2, 0.25) is 0 Å². The molecule has 1 aromatic carbocycles. The van der Waals surface area contributed by atoms with Gasteiger partial charge in [0.2, 0.25) is 0 Å². The molecule has 0 radical (unpaired) electrons. The van der Waals surface area contributed by atoms with Gasteiger partial charge >= 0.3 is 0 Å². The number of nitrogens with zero attached hydrogens (tertiary/aromatic N) is 2. The van der Waals surface area contributed by atoms with Crippen molar-refractivity contribution in [3.8, 4) is 0 Å². The zero-order valence-corrected chi connectivity index (χ0v) is 15.2. The second-order valence-corrected chi connectivity index (χ2v) is 6.30. The van der Waals surface area contributed by atoms with Crippen molar-refractivity contribution in [2.24, 2.45) is 7.05 Å². The summed E-state index contributed by atoms with van der Waals surface area (Å²) >= 11 is 0. The van der Waals surface area contributed by atoms with Gasteiger partial charge in [0.25, 0.3) is 5.91 Å². The summed E-state index contributed by atoms with van der Waals surface area (Å²) in [6, 6.07) is 5.61. The Morgan fingerprint density at radius 2 is 2.04 bits per heavy atom. The first-order chi connectivity index (χ1) is 11.9. The third-order valence-corrected chi connectivity index (χ3v) is 4.69. The van der Waals surface area contributed by atoms with E-state index in [2.05, 4.69) is 10.4 Å². The maximum Gasteiger partial charge on any atom is 0.287 e. The molecule has 132 valence electrons. The summed E-state index contributed by atoms with van der Waals surface area (Å²) in [5.74, 6) is 0.0842. The van der Waals surface area contributed by atoms with Crippen LogP contribution in [0.4, 0.5) is 0 Å². The van der Waals surface area contributed by atoms with Crippen LogP contribution in [0.15, 0.2) is 28.8 Å². The Labute approximate surface area is 146 Å². The summed E-state index contributed by atoms with van der Waals surface area (Å²) in [6.45, 7) is 6.29. The van der Waals surface area contributed by atoms with Gasteiger partial charge in [-0.25, -0.2) is 0 Å². The lowest BCUT2D eigenvalue weighted by Crippen LogP contribution is -2.32. The Balaban J connectivity index is 1.95. The smallest absolute Gasteiger partial charge is 0.287 e. The molecule has 25 heavy (non-hydrogen) atoms. The molecule has 6 heteroatoms. The Morgan fingerprint density at radius 3 is 2.68 bits per heavy atom. The molecule has 0 fully saturated rings. The van der Waals surface area contributed by atoms with Crippen molar-refractivity contribution >= 4 is 16.9 Å². The third kappa shape index (κ3) is 3.05. The number of benzene rings is 1. The van der Waals surface area contributed by atoms with Crippen LogP contribution in [-0.4, -0.2) is 29.4 Å². The predicted octanol–water partition coefficient (Wildman–Crippen LogP) is 3.21. The molecule has 1 amide bonds. The van der Waals surface area contributed by atoms with E-state index >= 15 is 0 Å². The van der Waals surface area contributed by atoms with Crippen molar-refractivity contribution in [1.82, 2.24) is 15.1 Å². The van der Waals surface area contributed by atoms with Crippen molar-refractivity contribution in [3.63, 3.8) is 0 Å². The summed E-state index contributed by atoms with van der Waals surface area (Å²) in [4.78, 5) is 12.8. The highest BCUT2D eigenvalue weighted by Crippen LogP contribution is 2.29. The quantitative estimate of drug-likeness (QED) is 0.774. The summed E-state index contributed by atoms with van der Waals surface area (Å²) in [5, 5.41) is 8.12. The average Bonchev–Trinajstić information content (AvgIpc) is 3.15. The van der Waals surface area contributed by atoms with Gasteiger partial charge in [0.05, 0.1) is 18.3 Å². The summed E-state index contributed by atoms with van der Waals surface area (Å²) in [7, 11) is 3.44. The molecular formula is C19H23N3O3. The molecule has 0 aliphatic heterocycles. The van der Waals surface area contributed by atoms with Crippen molar-refractivity contribution < 1.29 is 13.9 Å². The van der Waals surface area contributed by atoms with E-state index in [0.29, 0.717) is 12.4 Å². The molecule has 1 N–H and O–H groups in total. The summed E-state index contributed by atoms with van der Waals surface area (Å²) in [6.07, 6.45) is 1.70. The molecule has 0 spiro atoms. The molecule has 0 aliphatic rings. The predicted molar refractivity (Wildman–Crippen MR) is 95.7 cm³/mol. The zero-order valence-electron chi connectivity index (χ0n) is 15.2. The lowest BCUT2D eigenvalue weighted by Gasteiger charge is -2.17. The van der Waals surface area contributed by atoms with Crippen LogP contribution < -0.4 is 5.32 Å². The molecule has 6 nitrogen and oxygen atoms in total. The van der Waals surface area contributed by atoms with Crippen LogP contribution >= 0.6 is 0 Å². The second kappa shape index (κ2) is 6.72. The van der Waals surface area contributed by atoms with Gasteiger partial charge < -0.3 is 14.5 Å². The van der Waals surface area contributed by atoms with Gasteiger partial charge in [0.15, 0.2) is 5.76 Å². The molecule has 0 saturated carbocycles. The first-order valence-corrected chi connectivity index (χ1v) is 8.21. The normalized spacial score (nSPS) is 12.5. The molecule has 0 aliphatic carbocycles. The molecule has 1 atom stereocenters. The van der Waals surface area contributed by atoms with Gasteiger partial charge in [-0.3, -0.25) is 9.48 Å². The minimum absolute atomic E-state index is 0.256. The molecular weight excluding hydrogens is 318 g/mol. The first-order valence-electron chi connectivity index (χ1n) is 8.21. The highest BCUT2D eigenvalue weighted by atomic mass is 16.5. The van der Waals surface area contributed by atoms with Gasteiger partial charge in [0.1, 0.15) is 5.58 Å². The average molecular weight is 341 g/mol. The second-order valence-electron chi connectivity index (χ2n) is 6.30. The van der Waals surface area contributed by atoms with E-state index in [1.807, 2.05) is 46.0 Å². The van der Waals surface area contributed by atoms with Crippen LogP contribution in [0, 0.1) is 20.8 Å². The zero-order chi connectivity index (χ0) is 18.1. The van der Waals surface area contributed by atoms with Gasteiger partial charge in [-0.15, -0.1) is 0 Å². The minimum Gasteiger partial charge on any atom is -0.450 e. The number of carbonyl (C=O) groups is 1. The van der Waals surface area contributed by atoms with E-state index in [-0.39, 0.29) is 11.9 Å². The molecule has 2 heterocycles. The number of fused-ring (bicyclic) bond motifs is 1. The Hall–Kier alpha value is -2.60. The number of aromatic nitrogens is 2. The number of furan rings is 1. The van der Waals surface area contributed by atoms with E-state index in [1.165, 1.54) is 0 Å². The van der Waals surface area contributed by atoms with Crippen LogP contribution in [0.25, 0.3) is 11.0 Å². The van der Waals surface area contributed by atoms with E-state index in [1.54, 1.807) is 18.0 Å². The van der Waals surface area contributed by atoms with Crippen molar-refractivity contribution in [2.75, 3.05) is 13.7 Å². The standard InChI is InChI=1S/C19H23N3O3/c1-11-6-7-14-13(3)18(25-17(14)12(11)2)19(23)21-15(10-24-5)16-8-9-20-22(16)4/h6-9,15H,10H2,1-5H3,(H,21,23)/t15-/m1/s1. The topological polar surface area (TPSA) is 69.3 Å². The number of aryl methyl sites for hydroxylation is 4. The Morgan fingerprint density at radius 1 is 1.28 bits per heavy atom. The number of amides is 1. The van der Waals surface area contributed by atoms with E-state index in [9.17, 15) is 4.79 Å². The molecule has 0 bridgehead atoms. The van der Waals surface area contributed by atoms with Crippen LogP contribution in [0.1, 0.15) is 39.0 Å². The van der Waals surface area contributed by atoms with Gasteiger partial charge in [-0.1, -0.05) is 12.1 Å². The number of nitrogens with one attached hydrogen (secondary N) is 1. The van der Waals surface area contributed by atoms with E-state index < -0.39 is 0 Å². The SMILES string of the molecule is COC[C@@H](NC(=O)c1oc2c(C)c(C)ccc2c1C)c1ccnn1C. The fraction of sp³-hybridized carbons (Fsp3) is 0.368. The van der Waals surface area contributed by atoms with Crippen LogP contribution in [0.5, 0.6) is 0 Å². The number of carbonyl (C=O) groups excluding carboxylic acids is 1. The van der Waals surface area contributed by atoms with E-state index in [0.717, 1.165) is 33.4 Å². The molecule has 3 aromatic rings. The third-order valence-electron chi connectivity index (χ3n) is 4.69. The highest BCUT2D eigenvalue weighted by molar-refractivity contribution is 5.99. The lowest BCUT2D eigenvalue weighted by atomic mass is 10.0. The largest absolute Gasteiger partial charge is 0.450 e. The van der Waals surface area contributed by atoms with Crippen LogP contribution in [-0.2, 0) is 11.8 Å². The maximum absolute atomic E-state index is 12.8. The lowest BCUT2D eigenvalue weighted by molar-refractivity contribution is 0.0866. The fourth-order valence-electron chi connectivity index (χ4n) is 3.05. The van der Waals surface area contributed by atoms with Gasteiger partial charge in [0, 0.05) is 31.3 Å². The maximum atomic E-state index is 12.8. The monoisotopic (exact) mass is 341 g/mol. The summed E-state index contributed by atoms with van der Waals surface area (Å²) in [5.41, 5.74) is 4.68. The number of rotatable bonds is 5.